The van der Waals surface area contributed by atoms with Crippen molar-refractivity contribution in [3.05, 3.63) is 28.8 Å². The number of carbonyl (C=O) groups is 1. The lowest BCUT2D eigenvalue weighted by Crippen LogP contribution is -2.52. The van der Waals surface area contributed by atoms with Gasteiger partial charge in [0.2, 0.25) is 5.60 Å². The van der Waals surface area contributed by atoms with Crippen molar-refractivity contribution in [3.8, 4) is 0 Å². The van der Waals surface area contributed by atoms with E-state index in [-0.39, 0.29) is 28.8 Å². The van der Waals surface area contributed by atoms with Gasteiger partial charge in [-0.2, -0.15) is 13.2 Å². The van der Waals surface area contributed by atoms with Crippen molar-refractivity contribution in [1.29, 1.82) is 0 Å². The van der Waals surface area contributed by atoms with E-state index >= 15 is 0 Å². The molecule has 0 spiro atoms. The van der Waals surface area contributed by atoms with Gasteiger partial charge in [-0.05, 0) is 37.0 Å². The third-order valence-electron chi connectivity index (χ3n) is 4.19. The Balaban J connectivity index is 2.13. The number of nitrogens with one attached hydrogen (secondary N) is 1. The van der Waals surface area contributed by atoms with Gasteiger partial charge in [-0.25, -0.2) is 4.79 Å². The van der Waals surface area contributed by atoms with Gasteiger partial charge in [-0.1, -0.05) is 11.6 Å². The molecular formula is C15H16ClF3N2O2. The van der Waals surface area contributed by atoms with E-state index in [4.69, 9.17) is 16.3 Å². The van der Waals surface area contributed by atoms with Crippen LogP contribution in [0.1, 0.15) is 18.4 Å². The van der Waals surface area contributed by atoms with Gasteiger partial charge in [0, 0.05) is 23.3 Å². The maximum Gasteiger partial charge on any atom is 0.423 e. The number of ether oxygens (including phenoxy) is 1. The Morgan fingerprint density at radius 1 is 1.43 bits per heavy atom. The Bertz CT molecular complexity index is 634. The van der Waals surface area contributed by atoms with Gasteiger partial charge in [0.25, 0.3) is 0 Å². The van der Waals surface area contributed by atoms with E-state index in [2.05, 4.69) is 5.32 Å². The highest BCUT2D eigenvalue weighted by molar-refractivity contribution is 6.30. The maximum atomic E-state index is 14.0. The molecule has 1 aliphatic heterocycles. The Kier molecular flexibility index (Phi) is 3.96. The molecule has 1 atom stereocenters. The lowest BCUT2D eigenvalue weighted by atomic mass is 9.90. The molecule has 1 fully saturated rings. The molecule has 2 amide bonds. The molecule has 2 aliphatic rings. The van der Waals surface area contributed by atoms with Crippen LogP contribution in [0.5, 0.6) is 0 Å². The molecule has 1 heterocycles. The van der Waals surface area contributed by atoms with Crippen molar-refractivity contribution in [2.45, 2.75) is 24.6 Å². The van der Waals surface area contributed by atoms with Crippen LogP contribution in [0.3, 0.4) is 0 Å². The topological polar surface area (TPSA) is 41.6 Å². The van der Waals surface area contributed by atoms with E-state index < -0.39 is 24.4 Å². The number of rotatable bonds is 3. The molecular weight excluding hydrogens is 333 g/mol. The summed E-state index contributed by atoms with van der Waals surface area (Å²) in [7, 11) is 1.31. The molecule has 0 radical (unpaired) electrons. The molecule has 0 saturated heterocycles. The van der Waals surface area contributed by atoms with E-state index in [1.54, 1.807) is 0 Å². The molecule has 0 unspecified atom stereocenters. The van der Waals surface area contributed by atoms with Crippen molar-refractivity contribution >= 4 is 23.3 Å². The summed E-state index contributed by atoms with van der Waals surface area (Å²) < 4.78 is 47.5. The number of nitrogens with zero attached hydrogens (tertiary/aromatic N) is 1. The zero-order chi connectivity index (χ0) is 16.8. The molecule has 3 rings (SSSR count). The molecule has 8 heteroatoms. The highest BCUT2D eigenvalue weighted by atomic mass is 35.5. The Morgan fingerprint density at radius 2 is 2.13 bits per heavy atom. The predicted octanol–water partition coefficient (Wildman–Crippen LogP) is 4.00. The van der Waals surface area contributed by atoms with Gasteiger partial charge in [0.05, 0.1) is 13.2 Å². The van der Waals surface area contributed by atoms with Gasteiger partial charge < -0.3 is 15.0 Å². The summed E-state index contributed by atoms with van der Waals surface area (Å²) in [6.45, 7) is -0.615. The molecule has 1 aromatic carbocycles. The first-order valence-electron chi connectivity index (χ1n) is 7.26. The SMILES string of the molecule is CN1C[C@@](OCC2CC2)(C(F)(F)F)c2cc(Cl)ccc2NC1=O. The first-order valence-corrected chi connectivity index (χ1v) is 7.63. The second kappa shape index (κ2) is 5.56. The predicted molar refractivity (Wildman–Crippen MR) is 79.5 cm³/mol. The Morgan fingerprint density at radius 3 is 2.74 bits per heavy atom. The second-order valence-electron chi connectivity index (χ2n) is 6.06. The fraction of sp³-hybridized carbons (Fsp3) is 0.533. The van der Waals surface area contributed by atoms with Crippen LogP contribution in [0, 0.1) is 5.92 Å². The fourth-order valence-corrected chi connectivity index (χ4v) is 2.83. The van der Waals surface area contributed by atoms with Crippen LogP contribution < -0.4 is 5.32 Å². The van der Waals surface area contributed by atoms with Crippen LogP contribution in [0.2, 0.25) is 5.02 Å². The number of hydrogen-bond acceptors (Lipinski definition) is 2. The summed E-state index contributed by atoms with van der Waals surface area (Å²) in [6, 6.07) is 3.41. The molecule has 4 nitrogen and oxygen atoms in total. The summed E-state index contributed by atoms with van der Waals surface area (Å²) in [5, 5.41) is 2.64. The quantitative estimate of drug-likeness (QED) is 0.897. The lowest BCUT2D eigenvalue weighted by molar-refractivity contribution is -0.288. The smallest absolute Gasteiger partial charge is 0.359 e. The summed E-state index contributed by atoms with van der Waals surface area (Å²) in [6.07, 6.45) is -2.96. The molecule has 1 aromatic rings. The van der Waals surface area contributed by atoms with E-state index in [0.29, 0.717) is 0 Å². The third kappa shape index (κ3) is 2.99. The molecule has 23 heavy (non-hydrogen) atoms. The van der Waals surface area contributed by atoms with Crippen LogP contribution >= 0.6 is 11.6 Å². The van der Waals surface area contributed by atoms with Crippen molar-refractivity contribution in [2.24, 2.45) is 5.92 Å². The van der Waals surface area contributed by atoms with Crippen LogP contribution in [-0.2, 0) is 10.3 Å². The maximum absolute atomic E-state index is 14.0. The molecule has 1 saturated carbocycles. The summed E-state index contributed by atoms with van der Waals surface area (Å²) in [4.78, 5) is 13.0. The number of benzene rings is 1. The molecule has 1 aliphatic carbocycles. The van der Waals surface area contributed by atoms with E-state index in [1.807, 2.05) is 0 Å². The summed E-state index contributed by atoms with van der Waals surface area (Å²) >= 11 is 5.91. The van der Waals surface area contributed by atoms with Gasteiger partial charge in [0.1, 0.15) is 0 Å². The monoisotopic (exact) mass is 348 g/mol. The highest BCUT2D eigenvalue weighted by Gasteiger charge is 2.60. The van der Waals surface area contributed by atoms with Gasteiger partial charge in [-0.15, -0.1) is 0 Å². The standard InChI is InChI=1S/C15H16ClF3N2O2/c1-21-8-14(15(17,18)19,23-7-9-2-3-9)11-6-10(16)4-5-12(11)20-13(21)22/h4-6,9H,2-3,7-8H2,1H3,(H,20,22)/t14-/m0/s1. The van der Waals surface area contributed by atoms with Gasteiger partial charge in [0.15, 0.2) is 0 Å². The highest BCUT2D eigenvalue weighted by Crippen LogP contribution is 2.48. The Hall–Kier alpha value is -1.47. The number of urea groups is 1. The third-order valence-corrected chi connectivity index (χ3v) is 4.42. The minimum absolute atomic E-state index is 0.00743. The zero-order valence-electron chi connectivity index (χ0n) is 12.4. The van der Waals surface area contributed by atoms with Crippen molar-refractivity contribution in [1.82, 2.24) is 4.90 Å². The Labute approximate surface area is 136 Å². The number of alkyl halides is 3. The molecule has 1 N–H and O–H groups in total. The van der Waals surface area contributed by atoms with Crippen LogP contribution in [0.4, 0.5) is 23.7 Å². The minimum atomic E-state index is -4.69. The number of amides is 2. The number of fused-ring (bicyclic) bond motifs is 1. The van der Waals surface area contributed by atoms with Crippen LogP contribution in [0.15, 0.2) is 18.2 Å². The molecule has 126 valence electrons. The zero-order valence-corrected chi connectivity index (χ0v) is 13.2. The number of carbonyl (C=O) groups excluding carboxylic acids is 1. The average molecular weight is 349 g/mol. The van der Waals surface area contributed by atoms with Gasteiger partial charge >= 0.3 is 12.2 Å². The fourth-order valence-electron chi connectivity index (χ4n) is 2.65. The second-order valence-corrected chi connectivity index (χ2v) is 6.49. The number of halogens is 4. The summed E-state index contributed by atoms with van der Waals surface area (Å²) in [5.74, 6) is 0.147. The average Bonchev–Trinajstić information content (AvgIpc) is 3.27. The molecule has 0 aromatic heterocycles. The van der Waals surface area contributed by atoms with E-state index in [0.717, 1.165) is 17.7 Å². The van der Waals surface area contributed by atoms with Crippen molar-refractivity contribution < 1.29 is 22.7 Å². The minimum Gasteiger partial charge on any atom is -0.359 e. The lowest BCUT2D eigenvalue weighted by Gasteiger charge is -2.37. The van der Waals surface area contributed by atoms with E-state index in [1.165, 1.54) is 25.2 Å². The molecule has 0 bridgehead atoms. The van der Waals surface area contributed by atoms with Crippen molar-refractivity contribution in [3.63, 3.8) is 0 Å². The normalized spacial score (nSPS) is 24.9. The number of likely N-dealkylation sites (N-methyl/N-ethyl adjacent to an activating group) is 1. The van der Waals surface area contributed by atoms with Crippen LogP contribution in [0.25, 0.3) is 0 Å². The first kappa shape index (κ1) is 16.4. The number of anilines is 1. The van der Waals surface area contributed by atoms with E-state index in [9.17, 15) is 18.0 Å². The van der Waals surface area contributed by atoms with Gasteiger partial charge in [-0.3, -0.25) is 0 Å². The first-order chi connectivity index (χ1) is 10.7. The number of hydrogen-bond donors (Lipinski definition) is 1. The largest absolute Gasteiger partial charge is 0.423 e. The summed E-state index contributed by atoms with van der Waals surface area (Å²) in [5.41, 5.74) is -2.68. The van der Waals surface area contributed by atoms with Crippen molar-refractivity contribution in [2.75, 3.05) is 25.5 Å². The van der Waals surface area contributed by atoms with Crippen LogP contribution in [-0.4, -0.2) is 37.3 Å².